The highest BCUT2D eigenvalue weighted by molar-refractivity contribution is 5.57. The summed E-state index contributed by atoms with van der Waals surface area (Å²) in [5.41, 5.74) is 5.75. The van der Waals surface area contributed by atoms with Gasteiger partial charge in [-0.3, -0.25) is 0 Å². The Bertz CT molecular complexity index is 1120. The zero-order valence-corrected chi connectivity index (χ0v) is 17.2. The summed E-state index contributed by atoms with van der Waals surface area (Å²) in [6.45, 7) is 0. The zero-order valence-electron chi connectivity index (χ0n) is 17.2. The molecule has 156 valence electrons. The van der Waals surface area contributed by atoms with Crippen LogP contribution in [0.15, 0.2) is 36.4 Å². The summed E-state index contributed by atoms with van der Waals surface area (Å²) in [5.74, 6) is 1.41. The van der Waals surface area contributed by atoms with E-state index in [1.165, 1.54) is 7.11 Å². The largest absolute Gasteiger partial charge is 0.504 e. The van der Waals surface area contributed by atoms with Crippen LogP contribution in [0.3, 0.4) is 0 Å². The van der Waals surface area contributed by atoms with Crippen LogP contribution in [0.5, 0.6) is 34.5 Å². The Hall–Kier alpha value is -3.54. The first-order chi connectivity index (χ1) is 14.4. The second-order valence-electron chi connectivity index (χ2n) is 7.41. The molecule has 0 heterocycles. The molecule has 3 N–H and O–H groups in total. The van der Waals surface area contributed by atoms with Crippen molar-refractivity contribution in [3.63, 3.8) is 0 Å². The molecule has 0 spiro atoms. The highest BCUT2D eigenvalue weighted by atomic mass is 16.5. The van der Waals surface area contributed by atoms with Gasteiger partial charge in [0.1, 0.15) is 0 Å². The number of methoxy groups -OCH3 is 3. The van der Waals surface area contributed by atoms with E-state index in [1.807, 2.05) is 18.2 Å². The summed E-state index contributed by atoms with van der Waals surface area (Å²) in [4.78, 5) is 0. The molecule has 0 atom stereocenters. The molecule has 4 rings (SSSR count). The Balaban J connectivity index is 1.99. The van der Waals surface area contributed by atoms with Crippen molar-refractivity contribution in [1.82, 2.24) is 0 Å². The smallest absolute Gasteiger partial charge is 0.161 e. The van der Waals surface area contributed by atoms with Gasteiger partial charge in [0.05, 0.1) is 21.3 Å². The second-order valence-corrected chi connectivity index (χ2v) is 7.41. The van der Waals surface area contributed by atoms with Crippen molar-refractivity contribution in [2.45, 2.75) is 19.3 Å². The molecule has 1 aliphatic rings. The molecule has 0 amide bonds. The summed E-state index contributed by atoms with van der Waals surface area (Å²) >= 11 is 0. The van der Waals surface area contributed by atoms with Crippen LogP contribution in [0.4, 0.5) is 0 Å². The van der Waals surface area contributed by atoms with Crippen LogP contribution in [0.25, 0.3) is 0 Å². The SMILES string of the molecule is COc1cc2c(cc1O)Cc1cc(O)c(O)cc1Cc1cc(OC)c(OC)cc1C2. The van der Waals surface area contributed by atoms with E-state index >= 15 is 0 Å². The monoisotopic (exact) mass is 408 g/mol. The van der Waals surface area contributed by atoms with E-state index in [9.17, 15) is 15.3 Å². The Morgan fingerprint density at radius 2 is 0.767 bits per heavy atom. The molecule has 0 radical (unpaired) electrons. The average Bonchev–Trinajstić information content (AvgIpc) is 2.78. The van der Waals surface area contributed by atoms with E-state index < -0.39 is 0 Å². The molecule has 0 unspecified atom stereocenters. The van der Waals surface area contributed by atoms with Crippen LogP contribution in [0.1, 0.15) is 33.4 Å². The maximum atomic E-state index is 10.3. The van der Waals surface area contributed by atoms with Gasteiger partial charge in [0.2, 0.25) is 0 Å². The second kappa shape index (κ2) is 7.71. The molecule has 3 aromatic carbocycles. The molecule has 0 aromatic heterocycles. The van der Waals surface area contributed by atoms with E-state index in [0.717, 1.165) is 33.4 Å². The van der Waals surface area contributed by atoms with Crippen LogP contribution in [-0.2, 0) is 19.3 Å². The lowest BCUT2D eigenvalue weighted by Gasteiger charge is -2.16. The van der Waals surface area contributed by atoms with Gasteiger partial charge in [-0.2, -0.15) is 0 Å². The van der Waals surface area contributed by atoms with Crippen molar-refractivity contribution in [3.05, 3.63) is 69.8 Å². The lowest BCUT2D eigenvalue weighted by molar-refractivity contribution is 0.354. The minimum atomic E-state index is -0.167. The predicted molar refractivity (Wildman–Crippen MR) is 112 cm³/mol. The quantitative estimate of drug-likeness (QED) is 0.446. The van der Waals surface area contributed by atoms with Gasteiger partial charge in [0.15, 0.2) is 34.5 Å². The van der Waals surface area contributed by atoms with Crippen molar-refractivity contribution >= 4 is 0 Å². The molecule has 0 aliphatic heterocycles. The molecule has 6 heteroatoms. The molecular weight excluding hydrogens is 384 g/mol. The van der Waals surface area contributed by atoms with Gasteiger partial charge in [-0.15, -0.1) is 0 Å². The molecule has 6 nitrogen and oxygen atoms in total. The standard InChI is InChI=1S/C24H24O6/c1-28-22-10-16-6-18-12-24(30-3)23(29-2)11-17(18)5-14-8-20(26)19(25)7-13(14)4-15(16)9-21(22)27/h7-12,25-27H,4-6H2,1-3H3. The predicted octanol–water partition coefficient (Wildman–Crippen LogP) is 3.92. The third kappa shape index (κ3) is 3.45. The number of phenols is 3. The Morgan fingerprint density at radius 3 is 1.13 bits per heavy atom. The number of hydrogen-bond donors (Lipinski definition) is 3. The lowest BCUT2D eigenvalue weighted by atomic mass is 9.94. The topological polar surface area (TPSA) is 88.4 Å². The maximum Gasteiger partial charge on any atom is 0.161 e. The van der Waals surface area contributed by atoms with Gasteiger partial charge in [0, 0.05) is 0 Å². The number of hydrogen-bond acceptors (Lipinski definition) is 6. The minimum Gasteiger partial charge on any atom is -0.504 e. The van der Waals surface area contributed by atoms with E-state index in [4.69, 9.17) is 14.2 Å². The number of fused-ring (bicyclic) bond motifs is 3. The van der Waals surface area contributed by atoms with Crippen LogP contribution >= 0.6 is 0 Å². The summed E-state index contributed by atoms with van der Waals surface area (Å²) < 4.78 is 16.3. The number of ether oxygens (including phenoxy) is 3. The fourth-order valence-electron chi connectivity index (χ4n) is 4.05. The number of aromatic hydroxyl groups is 3. The summed E-state index contributed by atoms with van der Waals surface area (Å²) in [5, 5.41) is 30.5. The molecule has 3 aromatic rings. The first kappa shape index (κ1) is 19.8. The first-order valence-corrected chi connectivity index (χ1v) is 9.59. The van der Waals surface area contributed by atoms with E-state index in [0.29, 0.717) is 36.5 Å². The van der Waals surface area contributed by atoms with Crippen molar-refractivity contribution in [1.29, 1.82) is 0 Å². The van der Waals surface area contributed by atoms with Crippen molar-refractivity contribution in [2.24, 2.45) is 0 Å². The molecular formula is C24H24O6. The van der Waals surface area contributed by atoms with E-state index in [1.54, 1.807) is 32.4 Å². The zero-order chi connectivity index (χ0) is 21.4. The van der Waals surface area contributed by atoms with Crippen LogP contribution in [0.2, 0.25) is 0 Å². The lowest BCUT2D eigenvalue weighted by Crippen LogP contribution is -2.01. The molecule has 0 saturated heterocycles. The minimum absolute atomic E-state index is 0.0626. The average molecular weight is 408 g/mol. The highest BCUT2D eigenvalue weighted by Crippen LogP contribution is 2.39. The van der Waals surface area contributed by atoms with E-state index in [-0.39, 0.29) is 17.2 Å². The summed E-state index contributed by atoms with van der Waals surface area (Å²) in [6, 6.07) is 10.6. The van der Waals surface area contributed by atoms with Crippen LogP contribution in [0, 0.1) is 0 Å². The van der Waals surface area contributed by atoms with Gasteiger partial charge in [0.25, 0.3) is 0 Å². The Morgan fingerprint density at radius 1 is 0.467 bits per heavy atom. The fraction of sp³-hybridized carbons (Fsp3) is 0.250. The third-order valence-corrected chi connectivity index (χ3v) is 5.65. The van der Waals surface area contributed by atoms with Gasteiger partial charge in [-0.05, 0) is 89.0 Å². The molecule has 0 fully saturated rings. The molecule has 1 aliphatic carbocycles. The van der Waals surface area contributed by atoms with Gasteiger partial charge < -0.3 is 29.5 Å². The van der Waals surface area contributed by atoms with Crippen LogP contribution < -0.4 is 14.2 Å². The number of benzene rings is 3. The Kier molecular flexibility index (Phi) is 5.08. The molecule has 0 saturated carbocycles. The number of phenolic OH excluding ortho intramolecular Hbond substituents is 3. The van der Waals surface area contributed by atoms with Crippen LogP contribution in [-0.4, -0.2) is 36.6 Å². The van der Waals surface area contributed by atoms with Gasteiger partial charge in [-0.25, -0.2) is 0 Å². The van der Waals surface area contributed by atoms with Gasteiger partial charge >= 0.3 is 0 Å². The van der Waals surface area contributed by atoms with Gasteiger partial charge in [-0.1, -0.05) is 0 Å². The third-order valence-electron chi connectivity index (χ3n) is 5.65. The van der Waals surface area contributed by atoms with Crippen molar-refractivity contribution < 1.29 is 29.5 Å². The number of rotatable bonds is 3. The molecule has 30 heavy (non-hydrogen) atoms. The molecule has 0 bridgehead atoms. The van der Waals surface area contributed by atoms with Crippen molar-refractivity contribution in [2.75, 3.05) is 21.3 Å². The highest BCUT2D eigenvalue weighted by Gasteiger charge is 2.21. The summed E-state index contributed by atoms with van der Waals surface area (Å²) in [7, 11) is 4.72. The maximum absolute atomic E-state index is 10.3. The van der Waals surface area contributed by atoms with E-state index in [2.05, 4.69) is 0 Å². The van der Waals surface area contributed by atoms with Crippen molar-refractivity contribution in [3.8, 4) is 34.5 Å². The summed E-state index contributed by atoms with van der Waals surface area (Å²) in [6.07, 6.45) is 1.65. The Labute approximate surface area is 174 Å². The first-order valence-electron chi connectivity index (χ1n) is 9.59. The fourth-order valence-corrected chi connectivity index (χ4v) is 4.05. The normalized spacial score (nSPS) is 12.5.